The fourth-order valence-electron chi connectivity index (χ4n) is 1.77. The first-order valence-corrected chi connectivity index (χ1v) is 5.81. The van der Waals surface area contributed by atoms with Crippen molar-refractivity contribution in [1.29, 1.82) is 0 Å². The number of hydrogen-bond acceptors (Lipinski definition) is 2. The Labute approximate surface area is 102 Å². The predicted molar refractivity (Wildman–Crippen MR) is 64.8 cm³/mol. The number of carbonyl (C=O) groups excluding carboxylic acids is 2. The summed E-state index contributed by atoms with van der Waals surface area (Å²) in [6, 6.07) is 5.80. The summed E-state index contributed by atoms with van der Waals surface area (Å²) in [7, 11) is 0. The molecule has 0 saturated heterocycles. The second-order valence-electron chi connectivity index (χ2n) is 3.47. The largest absolute Gasteiger partial charge is 0.331 e. The highest BCUT2D eigenvalue weighted by Gasteiger charge is 2.23. The molecule has 1 amide bonds. The van der Waals surface area contributed by atoms with Crippen LogP contribution in [0.3, 0.4) is 0 Å². The molecular weight excluding hydrogens is 305 g/mol. The van der Waals surface area contributed by atoms with Crippen LogP contribution in [0.5, 0.6) is 0 Å². The van der Waals surface area contributed by atoms with Crippen molar-refractivity contribution in [3.05, 3.63) is 32.9 Å². The molecule has 4 heteroatoms. The Bertz CT molecular complexity index is 417. The highest BCUT2D eigenvalue weighted by atomic mass is 127. The van der Waals surface area contributed by atoms with Gasteiger partial charge in [-0.25, -0.2) is 0 Å². The van der Waals surface area contributed by atoms with E-state index in [0.717, 1.165) is 27.4 Å². The van der Waals surface area contributed by atoms with E-state index in [1.807, 2.05) is 18.2 Å². The van der Waals surface area contributed by atoms with Gasteiger partial charge < -0.3 is 9.69 Å². The second kappa shape index (κ2) is 4.30. The standard InChI is InChI=1S/C11H10INO2/c12-9-1-2-10-8(7-9)3-4-13(5-6-14)11(10)15/h1-2,6-7H,3-5H2. The predicted octanol–water partition coefficient (Wildman–Crippen LogP) is 1.49. The van der Waals surface area contributed by atoms with Crippen LogP contribution in [-0.4, -0.2) is 30.2 Å². The van der Waals surface area contributed by atoms with Crippen LogP contribution in [0.15, 0.2) is 18.2 Å². The Morgan fingerprint density at radius 3 is 3.00 bits per heavy atom. The van der Waals surface area contributed by atoms with E-state index in [1.165, 1.54) is 0 Å². The summed E-state index contributed by atoms with van der Waals surface area (Å²) in [4.78, 5) is 23.9. The number of nitrogens with zero attached hydrogens (tertiary/aromatic N) is 1. The van der Waals surface area contributed by atoms with Gasteiger partial charge in [0.15, 0.2) is 0 Å². The average molecular weight is 315 g/mol. The minimum absolute atomic E-state index is 0.0280. The zero-order valence-electron chi connectivity index (χ0n) is 8.07. The summed E-state index contributed by atoms with van der Waals surface area (Å²) in [5.41, 5.74) is 1.83. The summed E-state index contributed by atoms with van der Waals surface area (Å²) < 4.78 is 1.14. The molecule has 0 unspecified atom stereocenters. The van der Waals surface area contributed by atoms with Gasteiger partial charge in [0.2, 0.25) is 0 Å². The van der Waals surface area contributed by atoms with E-state index in [1.54, 1.807) is 4.90 Å². The lowest BCUT2D eigenvalue weighted by Gasteiger charge is -2.26. The minimum Gasteiger partial charge on any atom is -0.331 e. The third-order valence-corrected chi connectivity index (χ3v) is 3.20. The van der Waals surface area contributed by atoms with E-state index in [2.05, 4.69) is 22.6 Å². The smallest absolute Gasteiger partial charge is 0.254 e. The number of rotatable bonds is 2. The quantitative estimate of drug-likeness (QED) is 0.612. The van der Waals surface area contributed by atoms with Gasteiger partial charge in [0, 0.05) is 15.7 Å². The average Bonchev–Trinajstić information content (AvgIpc) is 2.22. The van der Waals surface area contributed by atoms with Crippen molar-refractivity contribution >= 4 is 34.8 Å². The van der Waals surface area contributed by atoms with Crippen LogP contribution in [0.25, 0.3) is 0 Å². The maximum absolute atomic E-state index is 11.9. The molecule has 1 aliphatic heterocycles. The van der Waals surface area contributed by atoms with E-state index in [9.17, 15) is 9.59 Å². The third-order valence-electron chi connectivity index (χ3n) is 2.53. The van der Waals surface area contributed by atoms with Gasteiger partial charge in [0.25, 0.3) is 5.91 Å². The van der Waals surface area contributed by atoms with Gasteiger partial charge in [-0.15, -0.1) is 0 Å². The molecule has 0 radical (unpaired) electrons. The van der Waals surface area contributed by atoms with Gasteiger partial charge in [-0.1, -0.05) is 0 Å². The van der Waals surface area contributed by atoms with Gasteiger partial charge >= 0.3 is 0 Å². The van der Waals surface area contributed by atoms with Crippen LogP contribution in [-0.2, 0) is 11.2 Å². The first-order valence-electron chi connectivity index (χ1n) is 4.73. The summed E-state index contributed by atoms with van der Waals surface area (Å²) in [5, 5.41) is 0. The molecule has 1 aromatic carbocycles. The molecule has 0 atom stereocenters. The topological polar surface area (TPSA) is 37.4 Å². The maximum atomic E-state index is 11.9. The minimum atomic E-state index is -0.0280. The van der Waals surface area contributed by atoms with Crippen LogP contribution >= 0.6 is 22.6 Å². The lowest BCUT2D eigenvalue weighted by Crippen LogP contribution is -2.38. The molecule has 1 aliphatic rings. The van der Waals surface area contributed by atoms with Crippen LogP contribution in [0.1, 0.15) is 15.9 Å². The molecular formula is C11H10INO2. The number of aldehydes is 1. The molecule has 15 heavy (non-hydrogen) atoms. The Hall–Kier alpha value is -0.910. The van der Waals surface area contributed by atoms with Crippen LogP contribution < -0.4 is 0 Å². The van der Waals surface area contributed by atoms with Gasteiger partial charge in [-0.05, 0) is 52.8 Å². The highest BCUT2D eigenvalue weighted by Crippen LogP contribution is 2.20. The number of halogens is 1. The molecule has 0 spiro atoms. The van der Waals surface area contributed by atoms with E-state index >= 15 is 0 Å². The molecule has 3 nitrogen and oxygen atoms in total. The van der Waals surface area contributed by atoms with Crippen molar-refractivity contribution in [1.82, 2.24) is 4.90 Å². The number of benzene rings is 1. The van der Waals surface area contributed by atoms with Crippen molar-refractivity contribution in [3.63, 3.8) is 0 Å². The van der Waals surface area contributed by atoms with Crippen LogP contribution in [0.2, 0.25) is 0 Å². The van der Waals surface area contributed by atoms with Gasteiger partial charge in [0.05, 0.1) is 6.54 Å². The Kier molecular flexibility index (Phi) is 3.04. The zero-order valence-corrected chi connectivity index (χ0v) is 10.2. The first-order chi connectivity index (χ1) is 7.22. The molecule has 0 fully saturated rings. The Morgan fingerprint density at radius 2 is 2.27 bits per heavy atom. The molecule has 78 valence electrons. The van der Waals surface area contributed by atoms with Crippen molar-refractivity contribution in [2.45, 2.75) is 6.42 Å². The highest BCUT2D eigenvalue weighted by molar-refractivity contribution is 14.1. The molecule has 1 heterocycles. The van der Waals surface area contributed by atoms with E-state index in [-0.39, 0.29) is 12.5 Å². The molecule has 0 saturated carbocycles. The lowest BCUT2D eigenvalue weighted by molar-refractivity contribution is -0.108. The fraction of sp³-hybridized carbons (Fsp3) is 0.273. The SMILES string of the molecule is O=CCN1CCc2cc(I)ccc2C1=O. The first kappa shape index (κ1) is 10.6. The molecule has 0 N–H and O–H groups in total. The second-order valence-corrected chi connectivity index (χ2v) is 4.71. The normalized spacial score (nSPS) is 15.0. The number of fused-ring (bicyclic) bond motifs is 1. The summed E-state index contributed by atoms with van der Waals surface area (Å²) in [6.07, 6.45) is 1.61. The zero-order chi connectivity index (χ0) is 10.8. The Balaban J connectivity index is 2.34. The van der Waals surface area contributed by atoms with Crippen molar-refractivity contribution in [3.8, 4) is 0 Å². The van der Waals surface area contributed by atoms with Crippen LogP contribution in [0, 0.1) is 3.57 Å². The van der Waals surface area contributed by atoms with E-state index in [4.69, 9.17) is 0 Å². The summed E-state index contributed by atoms with van der Waals surface area (Å²) in [5.74, 6) is -0.0280. The molecule has 1 aromatic rings. The van der Waals surface area contributed by atoms with E-state index < -0.39 is 0 Å². The summed E-state index contributed by atoms with van der Waals surface area (Å²) >= 11 is 2.23. The third kappa shape index (κ3) is 2.04. The number of carbonyl (C=O) groups is 2. The lowest BCUT2D eigenvalue weighted by atomic mass is 9.99. The fourth-order valence-corrected chi connectivity index (χ4v) is 2.32. The Morgan fingerprint density at radius 1 is 1.47 bits per heavy atom. The van der Waals surface area contributed by atoms with Crippen molar-refractivity contribution < 1.29 is 9.59 Å². The maximum Gasteiger partial charge on any atom is 0.254 e. The van der Waals surface area contributed by atoms with Gasteiger partial charge in [-0.2, -0.15) is 0 Å². The molecule has 0 bridgehead atoms. The molecule has 0 aliphatic carbocycles. The van der Waals surface area contributed by atoms with Crippen LogP contribution in [0.4, 0.5) is 0 Å². The molecule has 0 aromatic heterocycles. The molecule has 2 rings (SSSR count). The van der Waals surface area contributed by atoms with Gasteiger partial charge in [0.1, 0.15) is 6.29 Å². The number of hydrogen-bond donors (Lipinski definition) is 0. The van der Waals surface area contributed by atoms with Crippen molar-refractivity contribution in [2.24, 2.45) is 0 Å². The van der Waals surface area contributed by atoms with E-state index in [0.29, 0.717) is 6.54 Å². The monoisotopic (exact) mass is 315 g/mol. The number of amides is 1. The van der Waals surface area contributed by atoms with Crippen molar-refractivity contribution in [2.75, 3.05) is 13.1 Å². The van der Waals surface area contributed by atoms with Gasteiger partial charge in [-0.3, -0.25) is 4.79 Å². The summed E-state index contributed by atoms with van der Waals surface area (Å²) in [6.45, 7) is 0.842.